The van der Waals surface area contributed by atoms with E-state index >= 15 is 0 Å². The molecule has 2 rings (SSSR count). The van der Waals surface area contributed by atoms with Crippen molar-refractivity contribution in [1.82, 2.24) is 9.55 Å². The summed E-state index contributed by atoms with van der Waals surface area (Å²) >= 11 is 0. The van der Waals surface area contributed by atoms with Crippen LogP contribution in [-0.4, -0.2) is 20.6 Å². The second-order valence-corrected chi connectivity index (χ2v) is 4.96. The number of carbonyl (C=O) groups is 1. The zero-order valence-electron chi connectivity index (χ0n) is 10.9. The average molecular weight is 246 g/mol. The summed E-state index contributed by atoms with van der Waals surface area (Å²) in [6.45, 7) is 6.33. The van der Waals surface area contributed by atoms with Crippen LogP contribution < -0.4 is 0 Å². The smallest absolute Gasteiger partial charge is 0.308 e. The van der Waals surface area contributed by atoms with E-state index in [2.05, 4.69) is 18.8 Å². The van der Waals surface area contributed by atoms with Crippen molar-refractivity contribution in [3.05, 3.63) is 30.1 Å². The number of hydrogen-bond donors (Lipinski definition) is 1. The van der Waals surface area contributed by atoms with Gasteiger partial charge in [0.1, 0.15) is 5.82 Å². The lowest BCUT2D eigenvalue weighted by molar-refractivity contribution is -0.141. The second-order valence-electron chi connectivity index (χ2n) is 4.96. The van der Waals surface area contributed by atoms with Gasteiger partial charge in [-0.2, -0.15) is 0 Å². The van der Waals surface area contributed by atoms with Gasteiger partial charge in [-0.25, -0.2) is 4.98 Å². The number of aliphatic carboxylic acids is 1. The van der Waals surface area contributed by atoms with Crippen LogP contribution in [0.5, 0.6) is 0 Å². The molecule has 1 aromatic carbocycles. The van der Waals surface area contributed by atoms with Gasteiger partial charge in [-0.15, -0.1) is 0 Å². The molecule has 0 aliphatic heterocycles. The van der Waals surface area contributed by atoms with Crippen LogP contribution in [0, 0.1) is 5.92 Å². The van der Waals surface area contributed by atoms with Crippen molar-refractivity contribution in [3.63, 3.8) is 0 Å². The molecule has 0 bridgehead atoms. The van der Waals surface area contributed by atoms with Gasteiger partial charge in [-0.3, -0.25) is 4.79 Å². The second kappa shape index (κ2) is 4.80. The maximum absolute atomic E-state index is 11.0. The average Bonchev–Trinajstić information content (AvgIpc) is 2.68. The first-order chi connectivity index (χ1) is 8.50. The number of aromatic nitrogens is 2. The summed E-state index contributed by atoms with van der Waals surface area (Å²) in [6, 6.07) is 7.85. The van der Waals surface area contributed by atoms with Gasteiger partial charge in [0, 0.05) is 12.5 Å². The van der Waals surface area contributed by atoms with E-state index < -0.39 is 11.9 Å². The molecule has 0 radical (unpaired) electrons. The van der Waals surface area contributed by atoms with Crippen LogP contribution in [-0.2, 0) is 11.3 Å². The molecule has 1 heterocycles. The molecule has 0 aliphatic carbocycles. The fourth-order valence-electron chi connectivity index (χ4n) is 2.08. The van der Waals surface area contributed by atoms with Gasteiger partial charge in [0.25, 0.3) is 0 Å². The third kappa shape index (κ3) is 2.23. The lowest BCUT2D eigenvalue weighted by Gasteiger charge is -2.13. The highest BCUT2D eigenvalue weighted by Crippen LogP contribution is 2.22. The third-order valence-electron chi connectivity index (χ3n) is 3.08. The number of rotatable bonds is 4. The van der Waals surface area contributed by atoms with Crippen LogP contribution in [0.15, 0.2) is 24.3 Å². The highest BCUT2D eigenvalue weighted by molar-refractivity contribution is 5.76. The van der Waals surface area contributed by atoms with E-state index in [-0.39, 0.29) is 5.92 Å². The van der Waals surface area contributed by atoms with E-state index in [0.29, 0.717) is 6.54 Å². The Balaban J connectivity index is 2.51. The topological polar surface area (TPSA) is 55.1 Å². The minimum Gasteiger partial charge on any atom is -0.481 e. The summed E-state index contributed by atoms with van der Waals surface area (Å²) in [7, 11) is 0. The van der Waals surface area contributed by atoms with Crippen molar-refractivity contribution < 1.29 is 9.90 Å². The molecule has 0 unspecified atom stereocenters. The van der Waals surface area contributed by atoms with Gasteiger partial charge in [0.05, 0.1) is 17.0 Å². The van der Waals surface area contributed by atoms with Crippen molar-refractivity contribution in [2.24, 2.45) is 5.92 Å². The van der Waals surface area contributed by atoms with E-state index in [9.17, 15) is 4.79 Å². The monoisotopic (exact) mass is 246 g/mol. The zero-order chi connectivity index (χ0) is 13.3. The quantitative estimate of drug-likeness (QED) is 0.902. The molecule has 4 heteroatoms. The largest absolute Gasteiger partial charge is 0.481 e. The first-order valence-corrected chi connectivity index (χ1v) is 6.18. The number of imidazole rings is 1. The highest BCUT2D eigenvalue weighted by atomic mass is 16.4. The summed E-state index contributed by atoms with van der Waals surface area (Å²) in [6.07, 6.45) is 0. The summed E-state index contributed by atoms with van der Waals surface area (Å²) < 4.78 is 2.03. The molecule has 96 valence electrons. The fourth-order valence-corrected chi connectivity index (χ4v) is 2.08. The minimum atomic E-state index is -0.775. The van der Waals surface area contributed by atoms with Gasteiger partial charge in [-0.1, -0.05) is 32.9 Å². The highest BCUT2D eigenvalue weighted by Gasteiger charge is 2.18. The number of nitrogens with zero attached hydrogens (tertiary/aromatic N) is 2. The summed E-state index contributed by atoms with van der Waals surface area (Å²) in [5.41, 5.74) is 1.94. The Bertz CT molecular complexity index is 572. The van der Waals surface area contributed by atoms with E-state index in [1.54, 1.807) is 6.92 Å². The van der Waals surface area contributed by atoms with Gasteiger partial charge >= 0.3 is 5.97 Å². The predicted molar refractivity (Wildman–Crippen MR) is 70.6 cm³/mol. The molecule has 1 aromatic heterocycles. The third-order valence-corrected chi connectivity index (χ3v) is 3.08. The molecule has 0 aliphatic rings. The van der Waals surface area contributed by atoms with Gasteiger partial charge in [-0.05, 0) is 12.1 Å². The van der Waals surface area contributed by atoms with E-state index in [0.717, 1.165) is 16.9 Å². The lowest BCUT2D eigenvalue weighted by atomic mass is 10.1. The Hall–Kier alpha value is -1.84. The number of hydrogen-bond acceptors (Lipinski definition) is 2. The predicted octanol–water partition coefficient (Wildman–Crippen LogP) is 2.88. The number of carboxylic acids is 1. The Labute approximate surface area is 106 Å². The van der Waals surface area contributed by atoms with E-state index in [1.165, 1.54) is 0 Å². The van der Waals surface area contributed by atoms with Crippen molar-refractivity contribution >= 4 is 17.0 Å². The molecule has 2 aromatic rings. The standard InChI is InChI=1S/C14H18N2O2/c1-9(2)13-15-11-6-4-5-7-12(11)16(13)8-10(3)14(17)18/h4-7,9-10H,8H2,1-3H3,(H,17,18)/t10-/m1/s1. The Morgan fingerprint density at radius 3 is 2.61 bits per heavy atom. The van der Waals surface area contributed by atoms with Gasteiger partial charge in [0.2, 0.25) is 0 Å². The molecule has 0 amide bonds. The SMILES string of the molecule is CC(C)c1nc2ccccc2n1C[C@@H](C)C(=O)O. The van der Waals surface area contributed by atoms with Gasteiger partial charge in [0.15, 0.2) is 0 Å². The Morgan fingerprint density at radius 2 is 2.00 bits per heavy atom. The van der Waals surface area contributed by atoms with Gasteiger partial charge < -0.3 is 9.67 Å². The molecule has 1 N–H and O–H groups in total. The summed E-state index contributed by atoms with van der Waals surface area (Å²) in [5.74, 6) is 0.0327. The van der Waals surface area contributed by atoms with E-state index in [1.807, 2.05) is 28.8 Å². The first-order valence-electron chi connectivity index (χ1n) is 6.18. The first kappa shape index (κ1) is 12.6. The Kier molecular flexibility index (Phi) is 3.36. The number of benzene rings is 1. The maximum Gasteiger partial charge on any atom is 0.308 e. The van der Waals surface area contributed by atoms with Crippen LogP contribution in [0.25, 0.3) is 11.0 Å². The molecule has 18 heavy (non-hydrogen) atoms. The fraction of sp³-hybridized carbons (Fsp3) is 0.429. The molecule has 0 saturated carbocycles. The maximum atomic E-state index is 11.0. The summed E-state index contributed by atoms with van der Waals surface area (Å²) in [4.78, 5) is 15.6. The van der Waals surface area contributed by atoms with Crippen molar-refractivity contribution in [2.45, 2.75) is 33.2 Å². The molecule has 0 saturated heterocycles. The van der Waals surface area contributed by atoms with Crippen LogP contribution >= 0.6 is 0 Å². The van der Waals surface area contributed by atoms with Crippen molar-refractivity contribution in [1.29, 1.82) is 0 Å². The molecule has 0 fully saturated rings. The molecular weight excluding hydrogens is 228 g/mol. The van der Waals surface area contributed by atoms with Crippen molar-refractivity contribution in [2.75, 3.05) is 0 Å². The molecule has 4 nitrogen and oxygen atoms in total. The lowest BCUT2D eigenvalue weighted by Crippen LogP contribution is -2.18. The van der Waals surface area contributed by atoms with Crippen molar-refractivity contribution in [3.8, 4) is 0 Å². The zero-order valence-corrected chi connectivity index (χ0v) is 10.9. The number of para-hydroxylation sites is 2. The van der Waals surface area contributed by atoms with Crippen LogP contribution in [0.3, 0.4) is 0 Å². The molecule has 0 spiro atoms. The minimum absolute atomic E-state index is 0.276. The van der Waals surface area contributed by atoms with E-state index in [4.69, 9.17) is 5.11 Å². The van der Waals surface area contributed by atoms with Crippen LogP contribution in [0.1, 0.15) is 32.5 Å². The van der Waals surface area contributed by atoms with Crippen LogP contribution in [0.4, 0.5) is 0 Å². The Morgan fingerprint density at radius 1 is 1.33 bits per heavy atom. The molecular formula is C14H18N2O2. The molecule has 1 atom stereocenters. The normalized spacial score (nSPS) is 13.1. The summed E-state index contributed by atoms with van der Waals surface area (Å²) in [5, 5.41) is 9.05. The number of carboxylic acid groups (broad SMARTS) is 1. The van der Waals surface area contributed by atoms with Crippen LogP contribution in [0.2, 0.25) is 0 Å². The number of fused-ring (bicyclic) bond motifs is 1.